The topological polar surface area (TPSA) is 72.8 Å². The van der Waals surface area contributed by atoms with Crippen molar-refractivity contribution < 1.29 is 23.8 Å². The van der Waals surface area contributed by atoms with Crippen molar-refractivity contribution in [3.8, 4) is 0 Å². The summed E-state index contributed by atoms with van der Waals surface area (Å²) in [6.07, 6.45) is 0.815. The summed E-state index contributed by atoms with van der Waals surface area (Å²) in [4.78, 5) is 22.3. The van der Waals surface area contributed by atoms with E-state index in [-0.39, 0.29) is 0 Å². The van der Waals surface area contributed by atoms with Crippen molar-refractivity contribution in [1.82, 2.24) is 0 Å². The van der Waals surface area contributed by atoms with Gasteiger partial charge in [0, 0.05) is 12.7 Å². The van der Waals surface area contributed by atoms with Gasteiger partial charge in [-0.25, -0.2) is 4.79 Å². The fourth-order valence-corrected chi connectivity index (χ4v) is 0.352. The van der Waals surface area contributed by atoms with Crippen molar-refractivity contribution >= 4 is 13.6 Å². The second-order valence-corrected chi connectivity index (χ2v) is 3.24. The first-order chi connectivity index (χ1) is 4.45. The molecular weight excluding hydrogens is 159 g/mol. The molecular formula is C4H7O5P. The molecule has 0 radical (unpaired) electrons. The van der Waals surface area contributed by atoms with Crippen LogP contribution >= 0.6 is 7.60 Å². The van der Waals surface area contributed by atoms with Gasteiger partial charge in [0.2, 0.25) is 0 Å². The minimum Gasteiger partial charge on any atom is -0.322 e. The number of carbonyl (C=O) groups excluding carboxylic acids is 1. The minimum absolute atomic E-state index is 0.815. The van der Waals surface area contributed by atoms with Crippen molar-refractivity contribution in [2.45, 2.75) is 0 Å². The molecule has 6 heteroatoms. The van der Waals surface area contributed by atoms with Gasteiger partial charge in [-0.3, -0.25) is 9.45 Å². The van der Waals surface area contributed by atoms with Crippen molar-refractivity contribution in [3.05, 3.63) is 12.7 Å². The van der Waals surface area contributed by atoms with Crippen molar-refractivity contribution in [2.24, 2.45) is 0 Å². The van der Waals surface area contributed by atoms with Crippen LogP contribution in [0.25, 0.3) is 0 Å². The molecule has 1 N–H and O–H groups in total. The Hall–Kier alpha value is -0.640. The Balaban J connectivity index is 3.66. The van der Waals surface area contributed by atoms with Gasteiger partial charge in [-0.15, -0.1) is 0 Å². The Kier molecular flexibility index (Phi) is 3.28. The largest absolute Gasteiger partial charge is 0.365 e. The zero-order valence-corrected chi connectivity index (χ0v) is 6.21. The summed E-state index contributed by atoms with van der Waals surface area (Å²) in [5.41, 5.74) is 0. The first-order valence-corrected chi connectivity index (χ1v) is 4.31. The SMILES string of the molecule is C=CC(=O)OOP(C)(=O)O. The molecule has 0 heterocycles. The highest BCUT2D eigenvalue weighted by atomic mass is 31.2. The molecule has 0 bridgehead atoms. The van der Waals surface area contributed by atoms with Gasteiger partial charge < -0.3 is 4.89 Å². The molecule has 0 fully saturated rings. The van der Waals surface area contributed by atoms with Gasteiger partial charge in [-0.05, 0) is 0 Å². The molecule has 1 atom stereocenters. The number of rotatable bonds is 3. The molecule has 5 nitrogen and oxygen atoms in total. The lowest BCUT2D eigenvalue weighted by Crippen LogP contribution is -1.99. The van der Waals surface area contributed by atoms with Crippen LogP contribution < -0.4 is 0 Å². The molecule has 0 rings (SSSR count). The molecule has 58 valence electrons. The second kappa shape index (κ2) is 3.51. The van der Waals surface area contributed by atoms with E-state index < -0.39 is 13.6 Å². The summed E-state index contributed by atoms with van der Waals surface area (Å²) >= 11 is 0. The highest BCUT2D eigenvalue weighted by molar-refractivity contribution is 7.51. The lowest BCUT2D eigenvalue weighted by atomic mass is 10.7. The van der Waals surface area contributed by atoms with E-state index in [2.05, 4.69) is 16.1 Å². The van der Waals surface area contributed by atoms with E-state index in [4.69, 9.17) is 4.89 Å². The molecule has 0 aromatic rings. The molecule has 1 unspecified atom stereocenters. The molecule has 0 aliphatic carbocycles. The van der Waals surface area contributed by atoms with Crippen LogP contribution in [0.5, 0.6) is 0 Å². The number of hydrogen-bond donors (Lipinski definition) is 1. The standard InChI is InChI=1S/C4H7O5P/c1-3-4(5)8-9-10(2,6)7/h3H,1H2,2H3,(H,6,7). The lowest BCUT2D eigenvalue weighted by molar-refractivity contribution is -0.210. The van der Waals surface area contributed by atoms with Gasteiger partial charge in [0.15, 0.2) is 0 Å². The maximum absolute atomic E-state index is 10.3. The van der Waals surface area contributed by atoms with Crippen LogP contribution in [0, 0.1) is 0 Å². The van der Waals surface area contributed by atoms with Crippen LogP contribution in [0.3, 0.4) is 0 Å². The van der Waals surface area contributed by atoms with E-state index >= 15 is 0 Å². The van der Waals surface area contributed by atoms with E-state index in [1.54, 1.807) is 0 Å². The van der Waals surface area contributed by atoms with Crippen LogP contribution in [-0.4, -0.2) is 17.5 Å². The van der Waals surface area contributed by atoms with Crippen molar-refractivity contribution in [2.75, 3.05) is 6.66 Å². The van der Waals surface area contributed by atoms with Gasteiger partial charge in [0.25, 0.3) is 0 Å². The molecule has 10 heavy (non-hydrogen) atoms. The summed E-state index contributed by atoms with van der Waals surface area (Å²) in [5.74, 6) is -0.906. The maximum Gasteiger partial charge on any atom is 0.365 e. The molecule has 0 spiro atoms. The van der Waals surface area contributed by atoms with Crippen molar-refractivity contribution in [1.29, 1.82) is 0 Å². The zero-order valence-electron chi connectivity index (χ0n) is 5.31. The van der Waals surface area contributed by atoms with E-state index in [1.165, 1.54) is 0 Å². The van der Waals surface area contributed by atoms with Crippen LogP contribution in [-0.2, 0) is 18.9 Å². The van der Waals surface area contributed by atoms with Crippen molar-refractivity contribution in [3.63, 3.8) is 0 Å². The van der Waals surface area contributed by atoms with E-state index in [0.717, 1.165) is 12.7 Å². The third-order valence-electron chi connectivity index (χ3n) is 0.424. The Morgan fingerprint density at radius 1 is 1.80 bits per heavy atom. The molecule has 0 aliphatic rings. The second-order valence-electron chi connectivity index (χ2n) is 1.48. The Morgan fingerprint density at radius 2 is 2.30 bits per heavy atom. The first kappa shape index (κ1) is 9.36. The third-order valence-corrected chi connectivity index (χ3v) is 0.775. The normalized spacial score (nSPS) is 15.4. The highest BCUT2D eigenvalue weighted by Gasteiger charge is 2.13. The maximum atomic E-state index is 10.3. The van der Waals surface area contributed by atoms with Crippen LogP contribution in [0.1, 0.15) is 0 Å². The van der Waals surface area contributed by atoms with E-state index in [9.17, 15) is 9.36 Å². The summed E-state index contributed by atoms with van der Waals surface area (Å²) in [7, 11) is -3.72. The van der Waals surface area contributed by atoms with Gasteiger partial charge in [-0.1, -0.05) is 11.3 Å². The number of hydrogen-bond acceptors (Lipinski definition) is 4. The van der Waals surface area contributed by atoms with Gasteiger partial charge in [-0.2, -0.15) is 0 Å². The number of carbonyl (C=O) groups is 1. The summed E-state index contributed by atoms with van der Waals surface area (Å²) < 4.78 is 14.0. The fourth-order valence-electron chi connectivity index (χ4n) is 0.140. The zero-order chi connectivity index (χ0) is 8.20. The van der Waals surface area contributed by atoms with E-state index in [1.807, 2.05) is 0 Å². The smallest absolute Gasteiger partial charge is 0.322 e. The lowest BCUT2D eigenvalue weighted by Gasteiger charge is -2.01. The molecule has 0 amide bonds. The summed E-state index contributed by atoms with van der Waals surface area (Å²) in [6.45, 7) is 3.93. The monoisotopic (exact) mass is 166 g/mol. The van der Waals surface area contributed by atoms with Crippen LogP contribution in [0.15, 0.2) is 12.7 Å². The van der Waals surface area contributed by atoms with E-state index in [0.29, 0.717) is 0 Å². The van der Waals surface area contributed by atoms with Crippen LogP contribution in [0.2, 0.25) is 0 Å². The Bertz CT molecular complexity index is 180. The molecule has 0 aliphatic heterocycles. The molecule has 0 saturated carbocycles. The van der Waals surface area contributed by atoms with Crippen LogP contribution in [0.4, 0.5) is 0 Å². The highest BCUT2D eigenvalue weighted by Crippen LogP contribution is 2.36. The molecule has 0 saturated heterocycles. The average molecular weight is 166 g/mol. The average Bonchev–Trinajstić information content (AvgIpc) is 1.81. The molecule has 0 aromatic carbocycles. The quantitative estimate of drug-likeness (QED) is 0.285. The molecule has 0 aromatic heterocycles. The third kappa shape index (κ3) is 5.50. The predicted molar refractivity (Wildman–Crippen MR) is 33.1 cm³/mol. The Morgan fingerprint density at radius 3 is 2.60 bits per heavy atom. The van der Waals surface area contributed by atoms with Gasteiger partial charge in [0.05, 0.1) is 0 Å². The predicted octanol–water partition coefficient (Wildman–Crippen LogP) is 0.462. The summed E-state index contributed by atoms with van der Waals surface area (Å²) in [5, 5.41) is 0. The first-order valence-electron chi connectivity index (χ1n) is 2.28. The van der Waals surface area contributed by atoms with Gasteiger partial charge in [0.1, 0.15) is 0 Å². The Labute approximate surface area is 57.7 Å². The van der Waals surface area contributed by atoms with Gasteiger partial charge >= 0.3 is 13.6 Å². The fraction of sp³-hybridized carbons (Fsp3) is 0.250. The minimum atomic E-state index is -3.72. The summed E-state index contributed by atoms with van der Waals surface area (Å²) in [6, 6.07) is 0.